The van der Waals surface area contributed by atoms with Gasteiger partial charge < -0.3 is 0 Å². The molecule has 2 saturated carbocycles. The summed E-state index contributed by atoms with van der Waals surface area (Å²) in [7, 11) is 0. The molecule has 0 heterocycles. The van der Waals surface area contributed by atoms with Crippen LogP contribution in [0.2, 0.25) is 0 Å². The molecule has 0 radical (unpaired) electrons. The van der Waals surface area contributed by atoms with Crippen LogP contribution in [0.3, 0.4) is 0 Å². The quantitative estimate of drug-likeness (QED) is 0.403. The molecule has 0 bridgehead atoms. The van der Waals surface area contributed by atoms with Crippen LogP contribution in [0.1, 0.15) is 112 Å². The molecular formula is C28H46. The smallest absolute Gasteiger partial charge is 0.00443 e. The van der Waals surface area contributed by atoms with Gasteiger partial charge in [-0.2, -0.15) is 0 Å². The highest BCUT2D eigenvalue weighted by Gasteiger charge is 2.58. The van der Waals surface area contributed by atoms with E-state index in [1.54, 1.807) is 11.1 Å². The third-order valence-electron chi connectivity index (χ3n) is 10.3. The van der Waals surface area contributed by atoms with E-state index in [1.165, 1.54) is 77.0 Å². The zero-order valence-electron chi connectivity index (χ0n) is 19.5. The second kappa shape index (κ2) is 7.96. The molecule has 4 rings (SSSR count). The average Bonchev–Trinajstić information content (AvgIpc) is 3.03. The zero-order valence-corrected chi connectivity index (χ0v) is 19.5. The van der Waals surface area contributed by atoms with Crippen LogP contribution in [0, 0.1) is 40.4 Å². The fourth-order valence-corrected chi connectivity index (χ4v) is 8.63. The molecule has 0 aromatic carbocycles. The molecule has 5 unspecified atom stereocenters. The summed E-state index contributed by atoms with van der Waals surface area (Å²) in [6, 6.07) is 0. The van der Waals surface area contributed by atoms with Crippen molar-refractivity contribution >= 4 is 0 Å². The minimum absolute atomic E-state index is 0.479. The van der Waals surface area contributed by atoms with Gasteiger partial charge in [0.15, 0.2) is 0 Å². The Hall–Kier alpha value is -0.520. The van der Waals surface area contributed by atoms with Crippen molar-refractivity contribution in [2.45, 2.75) is 112 Å². The Bertz CT molecular complexity index is 624. The fourth-order valence-electron chi connectivity index (χ4n) is 8.63. The molecule has 28 heavy (non-hydrogen) atoms. The Labute approximate surface area is 175 Å². The van der Waals surface area contributed by atoms with Crippen LogP contribution in [0.5, 0.6) is 0 Å². The lowest BCUT2D eigenvalue weighted by molar-refractivity contribution is -0.0472. The molecule has 0 nitrogen and oxygen atoms in total. The van der Waals surface area contributed by atoms with Crippen molar-refractivity contribution < 1.29 is 0 Å². The first kappa shape index (κ1) is 20.7. The Morgan fingerprint density at radius 1 is 1.04 bits per heavy atom. The minimum Gasteiger partial charge on any atom is -0.0805 e. The van der Waals surface area contributed by atoms with Crippen LogP contribution in [0.4, 0.5) is 0 Å². The summed E-state index contributed by atoms with van der Waals surface area (Å²) < 4.78 is 0. The molecular weight excluding hydrogens is 336 g/mol. The topological polar surface area (TPSA) is 0 Å². The lowest BCUT2D eigenvalue weighted by Crippen LogP contribution is -2.49. The number of unbranched alkanes of at least 4 members (excludes halogenated alkanes) is 2. The molecule has 0 N–H and O–H groups in total. The maximum Gasteiger partial charge on any atom is -0.00443 e. The van der Waals surface area contributed by atoms with Crippen molar-refractivity contribution in [1.29, 1.82) is 0 Å². The van der Waals surface area contributed by atoms with Gasteiger partial charge in [-0.1, -0.05) is 77.5 Å². The molecule has 158 valence electrons. The highest BCUT2D eigenvalue weighted by molar-refractivity contribution is 5.36. The van der Waals surface area contributed by atoms with Crippen molar-refractivity contribution in [3.8, 4) is 0 Å². The Balaban J connectivity index is 1.55. The van der Waals surface area contributed by atoms with Gasteiger partial charge in [-0.25, -0.2) is 0 Å². The third-order valence-corrected chi connectivity index (χ3v) is 10.3. The molecule has 0 saturated heterocycles. The summed E-state index contributed by atoms with van der Waals surface area (Å²) in [5.41, 5.74) is 4.44. The minimum atomic E-state index is 0.479. The molecule has 0 spiro atoms. The molecule has 0 heteroatoms. The molecule has 0 amide bonds. The van der Waals surface area contributed by atoms with Crippen LogP contribution in [-0.2, 0) is 0 Å². The Kier molecular flexibility index (Phi) is 5.89. The van der Waals surface area contributed by atoms with E-state index in [-0.39, 0.29) is 0 Å². The molecule has 4 aliphatic carbocycles. The lowest BCUT2D eigenvalue weighted by Gasteiger charge is -2.57. The van der Waals surface area contributed by atoms with Gasteiger partial charge in [-0.3, -0.25) is 0 Å². The van der Waals surface area contributed by atoms with E-state index in [2.05, 4.69) is 46.8 Å². The molecule has 0 aliphatic heterocycles. The third kappa shape index (κ3) is 3.26. The van der Waals surface area contributed by atoms with E-state index in [4.69, 9.17) is 0 Å². The van der Waals surface area contributed by atoms with Gasteiger partial charge in [0.25, 0.3) is 0 Å². The average molecular weight is 383 g/mol. The second-order valence-electron chi connectivity index (χ2n) is 11.6. The van der Waals surface area contributed by atoms with Crippen LogP contribution >= 0.6 is 0 Å². The number of hydrogen-bond donors (Lipinski definition) is 0. The number of rotatable bonds is 6. The highest BCUT2D eigenvalue weighted by atomic mass is 14.6. The molecule has 2 fully saturated rings. The van der Waals surface area contributed by atoms with E-state index in [9.17, 15) is 0 Å². The van der Waals surface area contributed by atoms with E-state index in [0.29, 0.717) is 10.8 Å². The first-order chi connectivity index (χ1) is 13.4. The highest BCUT2D eigenvalue weighted by Crippen LogP contribution is 2.67. The second-order valence-corrected chi connectivity index (χ2v) is 11.6. The van der Waals surface area contributed by atoms with Crippen LogP contribution < -0.4 is 0 Å². The predicted octanol–water partition coefficient (Wildman–Crippen LogP) is 8.73. The van der Waals surface area contributed by atoms with Gasteiger partial charge in [-0.15, -0.1) is 0 Å². The van der Waals surface area contributed by atoms with E-state index < -0.39 is 0 Å². The van der Waals surface area contributed by atoms with Crippen molar-refractivity contribution in [3.05, 3.63) is 23.3 Å². The first-order valence-electron chi connectivity index (χ1n) is 12.8. The maximum absolute atomic E-state index is 2.74. The fraction of sp³-hybridized carbons (Fsp3) is 0.857. The van der Waals surface area contributed by atoms with Gasteiger partial charge in [-0.05, 0) is 97.9 Å². The van der Waals surface area contributed by atoms with Gasteiger partial charge in [0.05, 0.1) is 0 Å². The van der Waals surface area contributed by atoms with Crippen molar-refractivity contribution in [2.24, 2.45) is 40.4 Å². The number of fused-ring (bicyclic) bond motifs is 5. The summed E-state index contributed by atoms with van der Waals surface area (Å²) in [6.45, 7) is 12.5. The Morgan fingerprint density at radius 2 is 1.86 bits per heavy atom. The number of hydrogen-bond acceptors (Lipinski definition) is 0. The zero-order chi connectivity index (χ0) is 19.9. The van der Waals surface area contributed by atoms with E-state index >= 15 is 0 Å². The van der Waals surface area contributed by atoms with Crippen molar-refractivity contribution in [1.82, 2.24) is 0 Å². The summed E-state index contributed by atoms with van der Waals surface area (Å²) in [5, 5.41) is 0. The lowest BCUT2D eigenvalue weighted by atomic mass is 9.47. The maximum atomic E-state index is 2.74. The summed E-state index contributed by atoms with van der Waals surface area (Å²) in [6.07, 6.45) is 22.6. The summed E-state index contributed by atoms with van der Waals surface area (Å²) in [4.78, 5) is 0. The van der Waals surface area contributed by atoms with Crippen molar-refractivity contribution in [3.63, 3.8) is 0 Å². The van der Waals surface area contributed by atoms with E-state index in [0.717, 1.165) is 29.6 Å². The van der Waals surface area contributed by atoms with E-state index in [1.807, 2.05) is 0 Å². The SMILES string of the molecule is CCCCCC(CC)C1CCC2C3CC=C4C=C(C)CC[C@]4(C)C3CC[C@]12C. The standard InChI is InChI=1S/C28H46/c1-6-8-9-10-21(7-2)24-13-14-25-23-12-11-22-19-20(3)15-17-27(22,4)26(23)16-18-28(24,25)5/h11,19,21,23-26H,6-10,12-18H2,1-5H3/t21?,23?,24?,25?,26?,27-,28+/m0/s1. The van der Waals surface area contributed by atoms with Crippen molar-refractivity contribution in [2.75, 3.05) is 0 Å². The van der Waals surface area contributed by atoms with Crippen LogP contribution in [-0.4, -0.2) is 0 Å². The largest absolute Gasteiger partial charge is 0.0805 e. The van der Waals surface area contributed by atoms with Gasteiger partial charge in [0.1, 0.15) is 0 Å². The molecule has 0 aromatic rings. The Morgan fingerprint density at radius 3 is 2.61 bits per heavy atom. The number of allylic oxidation sites excluding steroid dienone is 4. The predicted molar refractivity (Wildman–Crippen MR) is 122 cm³/mol. The van der Waals surface area contributed by atoms with Gasteiger partial charge in [0.2, 0.25) is 0 Å². The van der Waals surface area contributed by atoms with Crippen LogP contribution in [0.25, 0.3) is 0 Å². The molecule has 7 atom stereocenters. The van der Waals surface area contributed by atoms with Gasteiger partial charge in [0, 0.05) is 0 Å². The first-order valence-corrected chi connectivity index (χ1v) is 12.8. The van der Waals surface area contributed by atoms with Crippen LogP contribution in [0.15, 0.2) is 23.3 Å². The molecule has 0 aromatic heterocycles. The normalized spacial score (nSPS) is 43.5. The monoisotopic (exact) mass is 382 g/mol. The molecule has 4 aliphatic rings. The summed E-state index contributed by atoms with van der Waals surface area (Å²) >= 11 is 0. The van der Waals surface area contributed by atoms with Gasteiger partial charge >= 0.3 is 0 Å². The summed E-state index contributed by atoms with van der Waals surface area (Å²) in [5.74, 6) is 4.92.